The lowest BCUT2D eigenvalue weighted by Crippen LogP contribution is -2.10. The standard InChI is InChI=1S/C19H16N4O3/c1-11(17-20-15-8-3-4-9-16(15)21-17)25-19(24)14-7-5-6-13(10-14)18-23-22-12(2)26-18/h3-11H,1-2H3,(H,20,21)/t11-/m1/s1. The van der Waals surface area contributed by atoms with Gasteiger partial charge in [0.1, 0.15) is 5.82 Å². The molecule has 0 aliphatic carbocycles. The molecule has 0 aliphatic heterocycles. The monoisotopic (exact) mass is 348 g/mol. The number of nitrogens with one attached hydrogen (secondary N) is 1. The highest BCUT2D eigenvalue weighted by atomic mass is 16.5. The second kappa shape index (κ2) is 6.44. The van der Waals surface area contributed by atoms with Gasteiger partial charge in [-0.1, -0.05) is 18.2 Å². The van der Waals surface area contributed by atoms with Gasteiger partial charge in [-0.05, 0) is 37.3 Å². The van der Waals surface area contributed by atoms with Crippen LogP contribution in [0.15, 0.2) is 52.9 Å². The van der Waals surface area contributed by atoms with E-state index in [1.54, 1.807) is 38.1 Å². The number of aromatic amines is 1. The molecule has 7 heteroatoms. The van der Waals surface area contributed by atoms with Crippen LogP contribution < -0.4 is 0 Å². The molecule has 4 rings (SSSR count). The lowest BCUT2D eigenvalue weighted by atomic mass is 10.1. The normalized spacial score (nSPS) is 12.2. The zero-order valence-corrected chi connectivity index (χ0v) is 14.3. The van der Waals surface area contributed by atoms with Crippen LogP contribution in [-0.2, 0) is 4.74 Å². The van der Waals surface area contributed by atoms with Gasteiger partial charge in [-0.3, -0.25) is 0 Å². The van der Waals surface area contributed by atoms with Crippen LogP contribution >= 0.6 is 0 Å². The van der Waals surface area contributed by atoms with E-state index in [2.05, 4.69) is 20.2 Å². The van der Waals surface area contributed by atoms with Crippen molar-refractivity contribution in [1.82, 2.24) is 20.2 Å². The molecule has 2 aromatic carbocycles. The molecular weight excluding hydrogens is 332 g/mol. The SMILES string of the molecule is Cc1nnc(-c2cccc(C(=O)O[C@H](C)c3nc4ccccc4[nH]3)c2)o1. The Labute approximate surface area is 149 Å². The number of H-pyrrole nitrogens is 1. The molecule has 4 aromatic rings. The van der Waals surface area contributed by atoms with Crippen molar-refractivity contribution in [2.24, 2.45) is 0 Å². The van der Waals surface area contributed by atoms with E-state index < -0.39 is 12.1 Å². The Morgan fingerprint density at radius 2 is 2.00 bits per heavy atom. The van der Waals surface area contributed by atoms with Crippen molar-refractivity contribution in [3.05, 3.63) is 65.8 Å². The first-order valence-corrected chi connectivity index (χ1v) is 8.16. The number of aromatic nitrogens is 4. The molecule has 0 spiro atoms. The van der Waals surface area contributed by atoms with E-state index in [0.717, 1.165) is 11.0 Å². The molecule has 0 saturated heterocycles. The number of esters is 1. The molecule has 0 aliphatic rings. The number of fused-ring (bicyclic) bond motifs is 1. The highest BCUT2D eigenvalue weighted by molar-refractivity contribution is 5.90. The summed E-state index contributed by atoms with van der Waals surface area (Å²) in [5.41, 5.74) is 2.80. The molecule has 1 N–H and O–H groups in total. The predicted molar refractivity (Wildman–Crippen MR) is 94.4 cm³/mol. The summed E-state index contributed by atoms with van der Waals surface area (Å²) < 4.78 is 10.9. The highest BCUT2D eigenvalue weighted by Crippen LogP contribution is 2.22. The van der Waals surface area contributed by atoms with Gasteiger partial charge in [0.25, 0.3) is 0 Å². The lowest BCUT2D eigenvalue weighted by Gasteiger charge is -2.11. The third-order valence-electron chi connectivity index (χ3n) is 3.95. The minimum Gasteiger partial charge on any atom is -0.451 e. The van der Waals surface area contributed by atoms with E-state index in [1.807, 2.05) is 24.3 Å². The fourth-order valence-electron chi connectivity index (χ4n) is 2.64. The van der Waals surface area contributed by atoms with Crippen LogP contribution in [0.3, 0.4) is 0 Å². The molecular formula is C19H16N4O3. The van der Waals surface area contributed by atoms with Crippen molar-refractivity contribution in [2.45, 2.75) is 20.0 Å². The number of imidazole rings is 1. The van der Waals surface area contributed by atoms with Gasteiger partial charge in [0, 0.05) is 12.5 Å². The lowest BCUT2D eigenvalue weighted by molar-refractivity contribution is 0.0322. The van der Waals surface area contributed by atoms with Gasteiger partial charge in [0.15, 0.2) is 6.10 Å². The van der Waals surface area contributed by atoms with Crippen LogP contribution in [0.1, 0.15) is 35.1 Å². The molecule has 0 saturated carbocycles. The zero-order valence-electron chi connectivity index (χ0n) is 14.3. The summed E-state index contributed by atoms with van der Waals surface area (Å²) in [6.07, 6.45) is -0.510. The number of hydrogen-bond acceptors (Lipinski definition) is 6. The summed E-state index contributed by atoms with van der Waals surface area (Å²) in [5.74, 6) is 0.980. The van der Waals surface area contributed by atoms with Crippen molar-refractivity contribution in [2.75, 3.05) is 0 Å². The first-order chi connectivity index (χ1) is 12.6. The average molecular weight is 348 g/mol. The van der Waals surface area contributed by atoms with Gasteiger partial charge in [0.05, 0.1) is 16.6 Å². The van der Waals surface area contributed by atoms with E-state index >= 15 is 0 Å². The molecule has 1 atom stereocenters. The Morgan fingerprint density at radius 3 is 2.77 bits per heavy atom. The predicted octanol–water partition coefficient (Wildman–Crippen LogP) is 3.84. The van der Waals surface area contributed by atoms with Gasteiger partial charge in [-0.2, -0.15) is 0 Å². The summed E-state index contributed by atoms with van der Waals surface area (Å²) in [6, 6.07) is 14.6. The summed E-state index contributed by atoms with van der Waals surface area (Å²) in [4.78, 5) is 20.1. The van der Waals surface area contributed by atoms with Crippen LogP contribution in [0.2, 0.25) is 0 Å². The minimum absolute atomic E-state index is 0.363. The van der Waals surface area contributed by atoms with E-state index in [0.29, 0.717) is 28.7 Å². The van der Waals surface area contributed by atoms with E-state index in [4.69, 9.17) is 9.15 Å². The molecule has 0 unspecified atom stereocenters. The summed E-state index contributed by atoms with van der Waals surface area (Å²) in [6.45, 7) is 3.49. The molecule has 130 valence electrons. The number of nitrogens with zero attached hydrogens (tertiary/aromatic N) is 3. The molecule has 0 bridgehead atoms. The second-order valence-electron chi connectivity index (χ2n) is 5.89. The van der Waals surface area contributed by atoms with Gasteiger partial charge in [-0.25, -0.2) is 9.78 Å². The Bertz CT molecular complexity index is 1050. The third kappa shape index (κ3) is 3.06. The first kappa shape index (κ1) is 16.0. The fraction of sp³-hybridized carbons (Fsp3) is 0.158. The maximum absolute atomic E-state index is 12.5. The van der Waals surface area contributed by atoms with Crippen LogP contribution in [0.5, 0.6) is 0 Å². The van der Waals surface area contributed by atoms with Gasteiger partial charge >= 0.3 is 5.97 Å². The molecule has 0 radical (unpaired) electrons. The molecule has 0 fully saturated rings. The summed E-state index contributed by atoms with van der Waals surface area (Å²) in [5, 5.41) is 7.77. The third-order valence-corrected chi connectivity index (χ3v) is 3.95. The topological polar surface area (TPSA) is 93.9 Å². The maximum Gasteiger partial charge on any atom is 0.338 e. The number of ether oxygens (including phenoxy) is 1. The number of para-hydroxylation sites is 2. The Hall–Kier alpha value is -3.48. The van der Waals surface area contributed by atoms with Crippen LogP contribution in [0.25, 0.3) is 22.5 Å². The van der Waals surface area contributed by atoms with Crippen LogP contribution in [0, 0.1) is 6.92 Å². The first-order valence-electron chi connectivity index (χ1n) is 8.16. The molecule has 26 heavy (non-hydrogen) atoms. The van der Waals surface area contributed by atoms with E-state index in [-0.39, 0.29) is 0 Å². The summed E-state index contributed by atoms with van der Waals surface area (Å²) >= 11 is 0. The Balaban J connectivity index is 1.54. The number of hydrogen-bond donors (Lipinski definition) is 1. The number of aryl methyl sites for hydroxylation is 1. The van der Waals surface area contributed by atoms with E-state index in [9.17, 15) is 4.79 Å². The number of benzene rings is 2. The molecule has 0 amide bonds. The molecule has 7 nitrogen and oxygen atoms in total. The Morgan fingerprint density at radius 1 is 1.15 bits per heavy atom. The molecule has 2 heterocycles. The second-order valence-corrected chi connectivity index (χ2v) is 5.89. The quantitative estimate of drug-likeness (QED) is 0.563. The van der Waals surface area contributed by atoms with Crippen molar-refractivity contribution >= 4 is 17.0 Å². The molecule has 2 aromatic heterocycles. The van der Waals surface area contributed by atoms with Gasteiger partial charge in [0.2, 0.25) is 11.8 Å². The fourth-order valence-corrected chi connectivity index (χ4v) is 2.64. The highest BCUT2D eigenvalue weighted by Gasteiger charge is 2.18. The largest absolute Gasteiger partial charge is 0.451 e. The number of carbonyl (C=O) groups excluding carboxylic acids is 1. The number of carbonyl (C=O) groups is 1. The Kier molecular flexibility index (Phi) is 3.96. The minimum atomic E-state index is -0.510. The van der Waals surface area contributed by atoms with Crippen molar-refractivity contribution < 1.29 is 13.9 Å². The van der Waals surface area contributed by atoms with Crippen molar-refractivity contribution in [3.63, 3.8) is 0 Å². The van der Waals surface area contributed by atoms with Gasteiger partial charge < -0.3 is 14.1 Å². The van der Waals surface area contributed by atoms with Gasteiger partial charge in [-0.15, -0.1) is 10.2 Å². The van der Waals surface area contributed by atoms with Crippen LogP contribution in [0.4, 0.5) is 0 Å². The average Bonchev–Trinajstić information content (AvgIpc) is 3.28. The van der Waals surface area contributed by atoms with Crippen molar-refractivity contribution in [3.8, 4) is 11.5 Å². The van der Waals surface area contributed by atoms with E-state index in [1.165, 1.54) is 0 Å². The van der Waals surface area contributed by atoms with Crippen molar-refractivity contribution in [1.29, 1.82) is 0 Å². The zero-order chi connectivity index (χ0) is 18.1. The van der Waals surface area contributed by atoms with Crippen LogP contribution in [-0.4, -0.2) is 26.1 Å². The maximum atomic E-state index is 12.5. The smallest absolute Gasteiger partial charge is 0.338 e. The summed E-state index contributed by atoms with van der Waals surface area (Å²) in [7, 11) is 0. The number of rotatable bonds is 4.